The van der Waals surface area contributed by atoms with E-state index in [1.165, 1.54) is 0 Å². The van der Waals surface area contributed by atoms with E-state index in [1.54, 1.807) is 6.92 Å². The molecule has 6 heteroatoms. The summed E-state index contributed by atoms with van der Waals surface area (Å²) >= 11 is 0. The lowest BCUT2D eigenvalue weighted by Gasteiger charge is -2.22. The number of sulfone groups is 1. The summed E-state index contributed by atoms with van der Waals surface area (Å²) < 4.78 is 28.1. The number of rotatable bonds is 6. The predicted molar refractivity (Wildman–Crippen MR) is 66.4 cm³/mol. The zero-order valence-corrected chi connectivity index (χ0v) is 11.1. The highest BCUT2D eigenvalue weighted by molar-refractivity contribution is 7.91. The second-order valence-corrected chi connectivity index (χ2v) is 6.80. The van der Waals surface area contributed by atoms with Gasteiger partial charge in [0.1, 0.15) is 9.84 Å². The molecule has 0 aromatic heterocycles. The Bertz CT molecular complexity index is 340. The Balaban J connectivity index is 2.12. The minimum atomic E-state index is -2.87. The molecule has 0 amide bonds. The fourth-order valence-corrected chi connectivity index (χ4v) is 2.71. The first-order valence-electron chi connectivity index (χ1n) is 6.09. The normalized spacial score (nSPS) is 21.5. The van der Waals surface area contributed by atoms with Crippen molar-refractivity contribution in [3.8, 4) is 0 Å². The van der Waals surface area contributed by atoms with Crippen LogP contribution in [0.3, 0.4) is 0 Å². The van der Waals surface area contributed by atoms with Crippen LogP contribution in [0.1, 0.15) is 39.0 Å². The molecule has 1 aliphatic rings. The predicted octanol–water partition coefficient (Wildman–Crippen LogP) is 1.60. The van der Waals surface area contributed by atoms with Crippen molar-refractivity contribution in [3.05, 3.63) is 0 Å². The summed E-state index contributed by atoms with van der Waals surface area (Å²) in [6.45, 7) is 2.16. The van der Waals surface area contributed by atoms with Crippen molar-refractivity contribution in [2.75, 3.05) is 18.1 Å². The third kappa shape index (κ3) is 5.50. The number of ether oxygens (including phenoxy) is 1. The number of nitrogens with zero attached hydrogens (tertiary/aromatic N) is 1. The molecule has 0 aliphatic heterocycles. The highest BCUT2D eigenvalue weighted by atomic mass is 32.2. The molecule has 0 aromatic carbocycles. The Morgan fingerprint density at radius 3 is 2.59 bits per heavy atom. The summed E-state index contributed by atoms with van der Waals surface area (Å²) in [4.78, 5) is 0. The van der Waals surface area contributed by atoms with Gasteiger partial charge in [-0.05, 0) is 32.1 Å². The third-order valence-corrected chi connectivity index (χ3v) is 4.83. The summed E-state index contributed by atoms with van der Waals surface area (Å²) in [6.07, 6.45) is 4.01. The van der Waals surface area contributed by atoms with E-state index in [1.807, 2.05) is 0 Å². The minimum Gasteiger partial charge on any atom is -0.411 e. The third-order valence-electron chi connectivity index (χ3n) is 3.04. The lowest BCUT2D eigenvalue weighted by Crippen LogP contribution is -2.23. The van der Waals surface area contributed by atoms with Crippen LogP contribution < -0.4 is 0 Å². The van der Waals surface area contributed by atoms with E-state index in [-0.39, 0.29) is 17.6 Å². The molecule has 1 fully saturated rings. The second-order valence-electron chi connectivity index (χ2n) is 4.33. The van der Waals surface area contributed by atoms with Gasteiger partial charge in [-0.1, -0.05) is 12.1 Å². The molecule has 0 atom stereocenters. The van der Waals surface area contributed by atoms with Gasteiger partial charge in [0.05, 0.1) is 17.6 Å². The molecule has 0 saturated heterocycles. The van der Waals surface area contributed by atoms with Gasteiger partial charge < -0.3 is 9.94 Å². The maximum Gasteiger partial charge on any atom is 0.150 e. The molecule has 1 saturated carbocycles. The quantitative estimate of drug-likeness (QED) is 0.448. The standard InChI is InChI=1S/C11H21NO4S/c1-2-17(14,15)9-3-8-16-11-6-4-10(12-13)5-7-11/h11,13H,2-9H2,1H3. The highest BCUT2D eigenvalue weighted by Gasteiger charge is 2.18. The van der Waals surface area contributed by atoms with Crippen LogP contribution in [0.25, 0.3) is 0 Å². The largest absolute Gasteiger partial charge is 0.411 e. The topological polar surface area (TPSA) is 76.0 Å². The molecule has 1 N–H and O–H groups in total. The van der Waals surface area contributed by atoms with Crippen LogP contribution in [0, 0.1) is 0 Å². The van der Waals surface area contributed by atoms with Gasteiger partial charge in [0, 0.05) is 12.4 Å². The summed E-state index contributed by atoms with van der Waals surface area (Å²) in [6, 6.07) is 0. The van der Waals surface area contributed by atoms with Gasteiger partial charge in [0.15, 0.2) is 0 Å². The van der Waals surface area contributed by atoms with Gasteiger partial charge in [0.25, 0.3) is 0 Å². The average Bonchev–Trinajstić information content (AvgIpc) is 2.35. The monoisotopic (exact) mass is 263 g/mol. The molecule has 1 aliphatic carbocycles. The SMILES string of the molecule is CCS(=O)(=O)CCCOC1CCC(=NO)CC1. The average molecular weight is 263 g/mol. The van der Waals surface area contributed by atoms with Crippen molar-refractivity contribution in [2.45, 2.75) is 45.1 Å². The van der Waals surface area contributed by atoms with Gasteiger partial charge >= 0.3 is 0 Å². The molecule has 0 aromatic rings. The molecular weight excluding hydrogens is 242 g/mol. The molecule has 0 radical (unpaired) electrons. The zero-order chi connectivity index (χ0) is 12.7. The molecule has 1 rings (SSSR count). The molecule has 0 bridgehead atoms. The lowest BCUT2D eigenvalue weighted by molar-refractivity contribution is 0.0405. The van der Waals surface area contributed by atoms with E-state index in [2.05, 4.69) is 5.16 Å². The Morgan fingerprint density at radius 1 is 1.41 bits per heavy atom. The Labute approximate surface area is 103 Å². The van der Waals surface area contributed by atoms with Crippen LogP contribution in [0.15, 0.2) is 5.16 Å². The van der Waals surface area contributed by atoms with E-state index in [4.69, 9.17) is 9.94 Å². The van der Waals surface area contributed by atoms with Crippen molar-refractivity contribution in [3.63, 3.8) is 0 Å². The molecule has 0 heterocycles. The zero-order valence-electron chi connectivity index (χ0n) is 10.3. The van der Waals surface area contributed by atoms with E-state index in [0.717, 1.165) is 31.4 Å². The fraction of sp³-hybridized carbons (Fsp3) is 0.909. The van der Waals surface area contributed by atoms with Gasteiger partial charge in [-0.3, -0.25) is 0 Å². The van der Waals surface area contributed by atoms with E-state index >= 15 is 0 Å². The van der Waals surface area contributed by atoms with Crippen molar-refractivity contribution >= 4 is 15.5 Å². The van der Waals surface area contributed by atoms with Crippen LogP contribution in [0.4, 0.5) is 0 Å². The van der Waals surface area contributed by atoms with Gasteiger partial charge in [0.2, 0.25) is 0 Å². The molecule has 0 spiro atoms. The van der Waals surface area contributed by atoms with Crippen LogP contribution in [-0.2, 0) is 14.6 Å². The van der Waals surface area contributed by atoms with Crippen LogP contribution in [0.2, 0.25) is 0 Å². The first-order chi connectivity index (χ1) is 8.07. The first-order valence-corrected chi connectivity index (χ1v) is 7.91. The molecule has 100 valence electrons. The molecule has 17 heavy (non-hydrogen) atoms. The maximum absolute atomic E-state index is 11.2. The second kappa shape index (κ2) is 6.96. The minimum absolute atomic E-state index is 0.185. The number of hydrogen-bond donors (Lipinski definition) is 1. The van der Waals surface area contributed by atoms with E-state index in [9.17, 15) is 8.42 Å². The molecule has 5 nitrogen and oxygen atoms in total. The summed E-state index contributed by atoms with van der Waals surface area (Å²) in [5.74, 6) is 0.409. The highest BCUT2D eigenvalue weighted by Crippen LogP contribution is 2.19. The van der Waals surface area contributed by atoms with Crippen molar-refractivity contribution in [1.82, 2.24) is 0 Å². The van der Waals surface area contributed by atoms with Crippen molar-refractivity contribution in [1.29, 1.82) is 0 Å². The summed E-state index contributed by atoms with van der Waals surface area (Å²) in [7, 11) is -2.87. The first kappa shape index (κ1) is 14.4. The maximum atomic E-state index is 11.2. The van der Waals surface area contributed by atoms with E-state index in [0.29, 0.717) is 13.0 Å². The fourth-order valence-electron chi connectivity index (χ4n) is 1.86. The summed E-state index contributed by atoms with van der Waals surface area (Å²) in [5, 5.41) is 11.8. The van der Waals surface area contributed by atoms with E-state index < -0.39 is 9.84 Å². The van der Waals surface area contributed by atoms with Gasteiger partial charge in [-0.25, -0.2) is 8.42 Å². The van der Waals surface area contributed by atoms with Crippen LogP contribution in [-0.4, -0.2) is 43.6 Å². The number of hydrogen-bond acceptors (Lipinski definition) is 5. The van der Waals surface area contributed by atoms with Crippen LogP contribution in [0.5, 0.6) is 0 Å². The lowest BCUT2D eigenvalue weighted by atomic mass is 9.96. The summed E-state index contributed by atoms with van der Waals surface area (Å²) in [5.41, 5.74) is 0.832. The Kier molecular flexibility index (Phi) is 5.91. The number of oxime groups is 1. The van der Waals surface area contributed by atoms with Gasteiger partial charge in [-0.2, -0.15) is 0 Å². The molecular formula is C11H21NO4S. The molecule has 0 unspecified atom stereocenters. The van der Waals surface area contributed by atoms with Crippen molar-refractivity contribution < 1.29 is 18.4 Å². The smallest absolute Gasteiger partial charge is 0.150 e. The van der Waals surface area contributed by atoms with Gasteiger partial charge in [-0.15, -0.1) is 0 Å². The van der Waals surface area contributed by atoms with Crippen molar-refractivity contribution in [2.24, 2.45) is 5.16 Å². The Hall–Kier alpha value is -0.620. The Morgan fingerprint density at radius 2 is 2.06 bits per heavy atom. The van der Waals surface area contributed by atoms with Crippen LogP contribution >= 0.6 is 0 Å².